The third kappa shape index (κ3) is 4.51. The average molecular weight is 353 g/mol. The summed E-state index contributed by atoms with van der Waals surface area (Å²) in [6.07, 6.45) is 4.79. The molecule has 9 heteroatoms. The van der Waals surface area contributed by atoms with Gasteiger partial charge in [0.1, 0.15) is 0 Å². The van der Waals surface area contributed by atoms with Crippen LogP contribution in [0.25, 0.3) is 6.08 Å². The van der Waals surface area contributed by atoms with Crippen LogP contribution in [-0.2, 0) is 10.0 Å². The molecule has 7 nitrogen and oxygen atoms in total. The van der Waals surface area contributed by atoms with Crippen molar-refractivity contribution >= 4 is 39.6 Å². The van der Waals surface area contributed by atoms with E-state index in [4.69, 9.17) is 22.4 Å². The van der Waals surface area contributed by atoms with Gasteiger partial charge in [0.15, 0.2) is 5.75 Å². The molecule has 0 saturated heterocycles. The first-order valence-corrected chi connectivity index (χ1v) is 8.14. The molecular formula is C14H13ClN4O3S. The van der Waals surface area contributed by atoms with Crippen molar-refractivity contribution < 1.29 is 13.5 Å². The number of nitrogen functional groups attached to an aromatic ring is 1. The minimum absolute atomic E-state index is 0.234. The Labute approximate surface area is 138 Å². The van der Waals surface area contributed by atoms with E-state index >= 15 is 0 Å². The van der Waals surface area contributed by atoms with E-state index in [0.717, 1.165) is 12.4 Å². The fourth-order valence-electron chi connectivity index (χ4n) is 1.60. The van der Waals surface area contributed by atoms with Crippen LogP contribution in [0.3, 0.4) is 0 Å². The molecule has 0 amide bonds. The van der Waals surface area contributed by atoms with E-state index in [0.29, 0.717) is 21.8 Å². The highest BCUT2D eigenvalue weighted by atomic mass is 35.5. The molecular weight excluding hydrogens is 340 g/mol. The number of hydrogen-bond donors (Lipinski definition) is 2. The van der Waals surface area contributed by atoms with Gasteiger partial charge in [-0.15, -0.1) is 0 Å². The van der Waals surface area contributed by atoms with Gasteiger partial charge in [0.25, 0.3) is 5.16 Å². The molecule has 0 aliphatic heterocycles. The number of aromatic hydroxyl groups is 1. The summed E-state index contributed by atoms with van der Waals surface area (Å²) in [5.74, 6) is -0.234. The van der Waals surface area contributed by atoms with E-state index in [1.807, 2.05) is 0 Å². The Bertz CT molecular complexity index is 877. The third-order valence-electron chi connectivity index (χ3n) is 2.67. The highest BCUT2D eigenvalue weighted by Gasteiger charge is 2.15. The van der Waals surface area contributed by atoms with Gasteiger partial charge in [0, 0.05) is 16.9 Å². The lowest BCUT2D eigenvalue weighted by Gasteiger charge is -2.01. The summed E-state index contributed by atoms with van der Waals surface area (Å²) in [6.45, 7) is 1.67. The van der Waals surface area contributed by atoms with Crippen molar-refractivity contribution in [2.75, 3.05) is 5.73 Å². The molecule has 2 aromatic rings. The standard InChI is InChI=1S/C14H13ClN4O3S/c1-9(4-10-2-3-11(15)5-13(10)16)6-19-23(21,22)14-17-7-12(20)8-18-14/h2-8,20H,16H2,1H3. The van der Waals surface area contributed by atoms with E-state index in [1.54, 1.807) is 31.2 Å². The molecule has 0 aliphatic carbocycles. The molecule has 1 aromatic heterocycles. The first-order chi connectivity index (χ1) is 10.8. The molecule has 23 heavy (non-hydrogen) atoms. The number of sulfonamides is 1. The van der Waals surface area contributed by atoms with Crippen molar-refractivity contribution in [3.05, 3.63) is 46.8 Å². The van der Waals surface area contributed by atoms with Crippen LogP contribution < -0.4 is 5.73 Å². The second-order valence-corrected chi connectivity index (χ2v) is 6.56. The van der Waals surface area contributed by atoms with Crippen LogP contribution in [0, 0.1) is 0 Å². The number of rotatable bonds is 4. The van der Waals surface area contributed by atoms with E-state index in [1.165, 1.54) is 6.21 Å². The van der Waals surface area contributed by atoms with Gasteiger partial charge in [-0.1, -0.05) is 17.7 Å². The molecule has 3 N–H and O–H groups in total. The maximum Gasteiger partial charge on any atom is 0.318 e. The van der Waals surface area contributed by atoms with Gasteiger partial charge in [-0.3, -0.25) is 0 Å². The average Bonchev–Trinajstić information content (AvgIpc) is 2.49. The number of nitrogens with zero attached hydrogens (tertiary/aromatic N) is 3. The lowest BCUT2D eigenvalue weighted by molar-refractivity contribution is 0.466. The molecule has 0 unspecified atom stereocenters. The van der Waals surface area contributed by atoms with Gasteiger partial charge in [-0.2, -0.15) is 12.8 Å². The Hall–Kier alpha value is -2.45. The number of halogens is 1. The minimum Gasteiger partial charge on any atom is -0.505 e. The molecule has 0 fully saturated rings. The number of aromatic nitrogens is 2. The van der Waals surface area contributed by atoms with Crippen LogP contribution in [-0.4, -0.2) is 29.7 Å². The topological polar surface area (TPSA) is 119 Å². The zero-order valence-electron chi connectivity index (χ0n) is 12.0. The van der Waals surface area contributed by atoms with Crippen molar-refractivity contribution in [3.8, 4) is 5.75 Å². The molecule has 1 aromatic carbocycles. The molecule has 1 heterocycles. The molecule has 0 atom stereocenters. The smallest absolute Gasteiger partial charge is 0.318 e. The van der Waals surface area contributed by atoms with Crippen LogP contribution in [0.5, 0.6) is 5.75 Å². The summed E-state index contributed by atoms with van der Waals surface area (Å²) in [6, 6.07) is 4.99. The monoisotopic (exact) mass is 352 g/mol. The van der Waals surface area contributed by atoms with Crippen molar-refractivity contribution in [2.45, 2.75) is 12.1 Å². The zero-order chi connectivity index (χ0) is 17.0. The van der Waals surface area contributed by atoms with Gasteiger partial charge >= 0.3 is 10.0 Å². The predicted molar refractivity (Wildman–Crippen MR) is 88.9 cm³/mol. The van der Waals surface area contributed by atoms with Crippen LogP contribution >= 0.6 is 11.6 Å². The Balaban J connectivity index is 2.24. The number of nitrogens with two attached hydrogens (primary N) is 1. The summed E-state index contributed by atoms with van der Waals surface area (Å²) in [7, 11) is -4.04. The molecule has 0 saturated carbocycles. The van der Waals surface area contributed by atoms with Crippen molar-refractivity contribution in [1.82, 2.24) is 9.97 Å². The number of allylic oxidation sites excluding steroid dienone is 1. The quantitative estimate of drug-likeness (QED) is 0.495. The Kier molecular flexibility index (Phi) is 4.97. The van der Waals surface area contributed by atoms with Crippen LogP contribution in [0.15, 0.2) is 45.7 Å². The van der Waals surface area contributed by atoms with Crippen LogP contribution in [0.4, 0.5) is 5.69 Å². The molecule has 0 radical (unpaired) electrons. The van der Waals surface area contributed by atoms with E-state index in [9.17, 15) is 8.42 Å². The SMILES string of the molecule is CC(C=NS(=O)(=O)c1ncc(O)cn1)=Cc1ccc(Cl)cc1N. The summed E-state index contributed by atoms with van der Waals surface area (Å²) < 4.78 is 27.4. The van der Waals surface area contributed by atoms with Crippen LogP contribution in [0.2, 0.25) is 5.02 Å². The van der Waals surface area contributed by atoms with Crippen molar-refractivity contribution in [3.63, 3.8) is 0 Å². The van der Waals surface area contributed by atoms with E-state index in [2.05, 4.69) is 14.4 Å². The lowest BCUT2D eigenvalue weighted by Crippen LogP contribution is -2.03. The van der Waals surface area contributed by atoms with Gasteiger partial charge < -0.3 is 10.8 Å². The van der Waals surface area contributed by atoms with Gasteiger partial charge in [0.2, 0.25) is 0 Å². The first-order valence-electron chi connectivity index (χ1n) is 6.32. The molecule has 120 valence electrons. The second kappa shape index (κ2) is 6.76. The van der Waals surface area contributed by atoms with E-state index in [-0.39, 0.29) is 5.75 Å². The normalized spacial score (nSPS) is 12.7. The zero-order valence-corrected chi connectivity index (χ0v) is 13.6. The summed E-state index contributed by atoms with van der Waals surface area (Å²) in [4.78, 5) is 7.04. The number of anilines is 1. The third-order valence-corrected chi connectivity index (χ3v) is 3.96. The maximum absolute atomic E-state index is 11.9. The van der Waals surface area contributed by atoms with E-state index < -0.39 is 15.2 Å². The largest absolute Gasteiger partial charge is 0.505 e. The summed E-state index contributed by atoms with van der Waals surface area (Å²) in [5.41, 5.74) is 7.54. The van der Waals surface area contributed by atoms with Gasteiger partial charge in [-0.25, -0.2) is 9.97 Å². The highest BCUT2D eigenvalue weighted by molar-refractivity contribution is 7.90. The molecule has 0 bridgehead atoms. The first kappa shape index (κ1) is 16.9. The highest BCUT2D eigenvalue weighted by Crippen LogP contribution is 2.20. The molecule has 2 rings (SSSR count). The second-order valence-electron chi connectivity index (χ2n) is 4.60. The minimum atomic E-state index is -4.04. The summed E-state index contributed by atoms with van der Waals surface area (Å²) in [5, 5.41) is 9.08. The van der Waals surface area contributed by atoms with Crippen molar-refractivity contribution in [1.29, 1.82) is 0 Å². The molecule has 0 spiro atoms. The maximum atomic E-state index is 11.9. The lowest BCUT2D eigenvalue weighted by atomic mass is 10.1. The Morgan fingerprint density at radius 3 is 2.61 bits per heavy atom. The Morgan fingerprint density at radius 2 is 2.00 bits per heavy atom. The fraction of sp³-hybridized carbons (Fsp3) is 0.0714. The Morgan fingerprint density at radius 1 is 1.35 bits per heavy atom. The van der Waals surface area contributed by atoms with Crippen molar-refractivity contribution in [2.24, 2.45) is 4.40 Å². The van der Waals surface area contributed by atoms with Gasteiger partial charge in [-0.05, 0) is 36.3 Å². The fourth-order valence-corrected chi connectivity index (χ4v) is 2.55. The number of benzene rings is 1. The predicted octanol–water partition coefficient (Wildman–Crippen LogP) is 2.28. The van der Waals surface area contributed by atoms with Crippen LogP contribution in [0.1, 0.15) is 12.5 Å². The van der Waals surface area contributed by atoms with Gasteiger partial charge in [0.05, 0.1) is 12.4 Å². The molecule has 0 aliphatic rings. The number of hydrogen-bond acceptors (Lipinski definition) is 6. The summed E-state index contributed by atoms with van der Waals surface area (Å²) >= 11 is 5.82.